The van der Waals surface area contributed by atoms with Gasteiger partial charge in [0.2, 0.25) is 6.43 Å². The van der Waals surface area contributed by atoms with E-state index in [1.54, 1.807) is 11.8 Å². The Morgan fingerprint density at radius 3 is 2.71 bits per heavy atom. The zero-order valence-electron chi connectivity index (χ0n) is 7.79. The van der Waals surface area contributed by atoms with Crippen LogP contribution in [0.15, 0.2) is 0 Å². The van der Waals surface area contributed by atoms with Gasteiger partial charge in [-0.3, -0.25) is 4.79 Å². The molecule has 0 spiro atoms. The lowest BCUT2D eigenvalue weighted by Gasteiger charge is -2.28. The molecular formula is C9H14F2O2S. The number of alkyl halides is 2. The van der Waals surface area contributed by atoms with Gasteiger partial charge in [0.05, 0.1) is 6.42 Å². The van der Waals surface area contributed by atoms with Gasteiger partial charge in [0.1, 0.15) is 0 Å². The van der Waals surface area contributed by atoms with Crippen LogP contribution in [0.25, 0.3) is 0 Å². The highest BCUT2D eigenvalue weighted by molar-refractivity contribution is 7.99. The third-order valence-electron chi connectivity index (χ3n) is 2.53. The molecule has 0 saturated carbocycles. The number of aliphatic carboxylic acids is 1. The summed E-state index contributed by atoms with van der Waals surface area (Å²) in [6.07, 6.45) is -1.23. The average Bonchev–Trinajstić information content (AvgIpc) is 2.15. The van der Waals surface area contributed by atoms with E-state index in [2.05, 4.69) is 0 Å². The Kier molecular flexibility index (Phi) is 4.65. The zero-order chi connectivity index (χ0) is 10.6. The van der Waals surface area contributed by atoms with Crippen LogP contribution >= 0.6 is 11.8 Å². The molecule has 1 heterocycles. The van der Waals surface area contributed by atoms with Gasteiger partial charge in [-0.05, 0) is 30.3 Å². The standard InChI is InChI=1S/C9H14F2O2S/c10-9(11)7(4-8(12)13)6-2-1-3-14-5-6/h6-7,9H,1-5H2,(H,12,13). The lowest BCUT2D eigenvalue weighted by molar-refractivity contribution is -0.140. The van der Waals surface area contributed by atoms with Crippen LogP contribution < -0.4 is 0 Å². The number of hydrogen-bond acceptors (Lipinski definition) is 2. The minimum atomic E-state index is -2.50. The van der Waals surface area contributed by atoms with E-state index in [-0.39, 0.29) is 5.92 Å². The van der Waals surface area contributed by atoms with Gasteiger partial charge in [-0.25, -0.2) is 8.78 Å². The maximum absolute atomic E-state index is 12.6. The summed E-state index contributed by atoms with van der Waals surface area (Å²) in [6.45, 7) is 0. The molecule has 1 fully saturated rings. The number of thioether (sulfide) groups is 1. The lowest BCUT2D eigenvalue weighted by Crippen LogP contribution is -2.28. The van der Waals surface area contributed by atoms with E-state index < -0.39 is 24.7 Å². The maximum atomic E-state index is 12.6. The van der Waals surface area contributed by atoms with Crippen LogP contribution in [0.3, 0.4) is 0 Å². The fourth-order valence-electron chi connectivity index (χ4n) is 1.77. The Hall–Kier alpha value is -0.320. The average molecular weight is 224 g/mol. The van der Waals surface area contributed by atoms with Gasteiger partial charge >= 0.3 is 5.97 Å². The number of carboxylic acids is 1. The molecule has 1 aliphatic heterocycles. The van der Waals surface area contributed by atoms with Crippen LogP contribution in [0.1, 0.15) is 19.3 Å². The third kappa shape index (κ3) is 3.44. The fraction of sp³-hybridized carbons (Fsp3) is 0.889. The van der Waals surface area contributed by atoms with Gasteiger partial charge in [0.25, 0.3) is 0 Å². The Morgan fingerprint density at radius 2 is 2.29 bits per heavy atom. The number of hydrogen-bond donors (Lipinski definition) is 1. The molecule has 1 rings (SSSR count). The molecule has 2 nitrogen and oxygen atoms in total. The third-order valence-corrected chi connectivity index (χ3v) is 3.78. The van der Waals surface area contributed by atoms with Crippen molar-refractivity contribution in [3.05, 3.63) is 0 Å². The molecule has 0 aromatic rings. The molecule has 14 heavy (non-hydrogen) atoms. The van der Waals surface area contributed by atoms with Gasteiger partial charge in [-0.15, -0.1) is 0 Å². The summed E-state index contributed by atoms with van der Waals surface area (Å²) < 4.78 is 25.1. The van der Waals surface area contributed by atoms with E-state index >= 15 is 0 Å². The van der Waals surface area contributed by atoms with Crippen molar-refractivity contribution >= 4 is 17.7 Å². The van der Waals surface area contributed by atoms with Gasteiger partial charge in [-0.1, -0.05) is 0 Å². The van der Waals surface area contributed by atoms with E-state index in [1.807, 2.05) is 0 Å². The molecule has 0 bridgehead atoms. The second-order valence-corrected chi connectivity index (χ2v) is 4.72. The van der Waals surface area contributed by atoms with Gasteiger partial charge < -0.3 is 5.11 Å². The Labute approximate surface area is 86.1 Å². The molecule has 5 heteroatoms. The highest BCUT2D eigenvalue weighted by Crippen LogP contribution is 2.33. The molecule has 2 atom stereocenters. The van der Waals surface area contributed by atoms with Crippen LogP contribution in [-0.2, 0) is 4.79 Å². The summed E-state index contributed by atoms with van der Waals surface area (Å²) in [6, 6.07) is 0. The van der Waals surface area contributed by atoms with Crippen LogP contribution in [0.4, 0.5) is 8.78 Å². The first kappa shape index (κ1) is 11.8. The summed E-state index contributed by atoms with van der Waals surface area (Å²) >= 11 is 1.65. The maximum Gasteiger partial charge on any atom is 0.303 e. The largest absolute Gasteiger partial charge is 0.481 e. The Morgan fingerprint density at radius 1 is 1.57 bits per heavy atom. The van der Waals surface area contributed by atoms with Crippen molar-refractivity contribution in [3.8, 4) is 0 Å². The van der Waals surface area contributed by atoms with E-state index in [1.165, 1.54) is 0 Å². The minimum Gasteiger partial charge on any atom is -0.481 e. The van der Waals surface area contributed by atoms with Crippen molar-refractivity contribution in [2.45, 2.75) is 25.7 Å². The Bertz CT molecular complexity index is 193. The van der Waals surface area contributed by atoms with Crippen molar-refractivity contribution in [3.63, 3.8) is 0 Å². The van der Waals surface area contributed by atoms with Crippen LogP contribution in [-0.4, -0.2) is 29.0 Å². The Balaban J connectivity index is 2.51. The molecular weight excluding hydrogens is 210 g/mol. The summed E-state index contributed by atoms with van der Waals surface area (Å²) in [5.74, 6) is -0.502. The quantitative estimate of drug-likeness (QED) is 0.797. The molecule has 0 aromatic heterocycles. The molecule has 0 aromatic carbocycles. The summed E-state index contributed by atoms with van der Waals surface area (Å²) in [5.41, 5.74) is 0. The summed E-state index contributed by atoms with van der Waals surface area (Å²) in [4.78, 5) is 10.4. The van der Waals surface area contributed by atoms with Crippen LogP contribution in [0, 0.1) is 11.8 Å². The second kappa shape index (κ2) is 5.53. The topological polar surface area (TPSA) is 37.3 Å². The molecule has 82 valence electrons. The van der Waals surface area contributed by atoms with Gasteiger partial charge in [0.15, 0.2) is 0 Å². The van der Waals surface area contributed by atoms with Gasteiger partial charge in [0, 0.05) is 5.92 Å². The fourth-order valence-corrected chi connectivity index (χ4v) is 3.02. The smallest absolute Gasteiger partial charge is 0.303 e. The molecule has 0 amide bonds. The molecule has 1 aliphatic rings. The van der Waals surface area contributed by atoms with E-state index in [4.69, 9.17) is 5.11 Å². The monoisotopic (exact) mass is 224 g/mol. The predicted molar refractivity (Wildman–Crippen MR) is 51.8 cm³/mol. The first-order chi connectivity index (χ1) is 6.61. The number of halogens is 2. The second-order valence-electron chi connectivity index (χ2n) is 3.57. The van der Waals surface area contributed by atoms with E-state index in [0.29, 0.717) is 5.75 Å². The van der Waals surface area contributed by atoms with Crippen molar-refractivity contribution in [2.75, 3.05) is 11.5 Å². The summed E-state index contributed by atoms with van der Waals surface area (Å²) in [7, 11) is 0. The zero-order valence-corrected chi connectivity index (χ0v) is 8.60. The van der Waals surface area contributed by atoms with Crippen molar-refractivity contribution in [2.24, 2.45) is 11.8 Å². The predicted octanol–water partition coefficient (Wildman–Crippen LogP) is 2.49. The SMILES string of the molecule is O=C(O)CC(C(F)F)C1CCCSC1. The summed E-state index contributed by atoms with van der Waals surface area (Å²) in [5, 5.41) is 8.52. The van der Waals surface area contributed by atoms with Crippen LogP contribution in [0.5, 0.6) is 0 Å². The van der Waals surface area contributed by atoms with Crippen molar-refractivity contribution < 1.29 is 18.7 Å². The van der Waals surface area contributed by atoms with Crippen molar-refractivity contribution in [1.29, 1.82) is 0 Å². The highest BCUT2D eigenvalue weighted by atomic mass is 32.2. The lowest BCUT2D eigenvalue weighted by atomic mass is 9.87. The number of carboxylic acid groups (broad SMARTS) is 1. The highest BCUT2D eigenvalue weighted by Gasteiger charge is 2.32. The first-order valence-electron chi connectivity index (χ1n) is 4.69. The molecule has 0 radical (unpaired) electrons. The molecule has 0 aliphatic carbocycles. The normalized spacial score (nSPS) is 24.9. The van der Waals surface area contributed by atoms with E-state index in [9.17, 15) is 13.6 Å². The van der Waals surface area contributed by atoms with Crippen molar-refractivity contribution in [1.82, 2.24) is 0 Å². The molecule has 2 unspecified atom stereocenters. The first-order valence-corrected chi connectivity index (χ1v) is 5.84. The van der Waals surface area contributed by atoms with Crippen LogP contribution in [0.2, 0.25) is 0 Å². The number of rotatable bonds is 4. The van der Waals surface area contributed by atoms with E-state index in [0.717, 1.165) is 18.6 Å². The number of carbonyl (C=O) groups is 1. The molecule has 1 N–H and O–H groups in total. The van der Waals surface area contributed by atoms with Gasteiger partial charge in [-0.2, -0.15) is 11.8 Å². The molecule has 1 saturated heterocycles. The minimum absolute atomic E-state index is 0.121.